The summed E-state index contributed by atoms with van der Waals surface area (Å²) in [5, 5.41) is 10.9. The summed E-state index contributed by atoms with van der Waals surface area (Å²) >= 11 is 15.6. The molecule has 3 nitrogen and oxygen atoms in total. The third kappa shape index (κ3) is 5.79. The first-order valence-electron chi connectivity index (χ1n) is 9.21. The molecule has 0 amide bonds. The van der Waals surface area contributed by atoms with E-state index >= 15 is 0 Å². The van der Waals surface area contributed by atoms with Crippen molar-refractivity contribution >= 4 is 50.8 Å². The van der Waals surface area contributed by atoms with Gasteiger partial charge in [-0.3, -0.25) is 0 Å². The van der Waals surface area contributed by atoms with Crippen LogP contribution in [-0.2, 0) is 6.61 Å². The van der Waals surface area contributed by atoms with Gasteiger partial charge in [-0.15, -0.1) is 0 Å². The number of nitriles is 1. The maximum absolute atomic E-state index is 9.62. The Morgan fingerprint density at radius 1 is 1.03 bits per heavy atom. The Kier molecular flexibility index (Phi) is 7.81. The molecule has 0 N–H and O–H groups in total. The van der Waals surface area contributed by atoms with Crippen LogP contribution >= 0.6 is 39.1 Å². The molecule has 3 rings (SSSR count). The second-order valence-electron chi connectivity index (χ2n) is 6.36. The largest absolute Gasteiger partial charge is 0.490 e. The molecule has 30 heavy (non-hydrogen) atoms. The van der Waals surface area contributed by atoms with Crippen LogP contribution in [0.3, 0.4) is 0 Å². The van der Waals surface area contributed by atoms with Gasteiger partial charge in [-0.1, -0.05) is 47.5 Å². The lowest BCUT2D eigenvalue weighted by atomic mass is 10.0. The van der Waals surface area contributed by atoms with Gasteiger partial charge in [-0.2, -0.15) is 5.26 Å². The van der Waals surface area contributed by atoms with E-state index in [9.17, 15) is 5.26 Å². The zero-order valence-electron chi connectivity index (χ0n) is 16.2. The van der Waals surface area contributed by atoms with Crippen molar-refractivity contribution in [1.82, 2.24) is 0 Å². The van der Waals surface area contributed by atoms with Crippen molar-refractivity contribution in [2.45, 2.75) is 13.5 Å². The van der Waals surface area contributed by atoms with E-state index in [2.05, 4.69) is 22.0 Å². The van der Waals surface area contributed by atoms with Crippen molar-refractivity contribution in [2.75, 3.05) is 6.61 Å². The number of halogens is 3. The van der Waals surface area contributed by atoms with E-state index in [-0.39, 0.29) is 0 Å². The highest BCUT2D eigenvalue weighted by molar-refractivity contribution is 9.10. The maximum Gasteiger partial charge on any atom is 0.175 e. The highest BCUT2D eigenvalue weighted by atomic mass is 79.9. The van der Waals surface area contributed by atoms with Gasteiger partial charge in [0.1, 0.15) is 6.61 Å². The molecule has 0 aromatic heterocycles. The lowest BCUT2D eigenvalue weighted by molar-refractivity contribution is 0.267. The molecular weight excluding hydrogens is 485 g/mol. The summed E-state index contributed by atoms with van der Waals surface area (Å²) in [6, 6.07) is 20.7. The summed E-state index contributed by atoms with van der Waals surface area (Å²) in [7, 11) is 0. The third-order valence-electron chi connectivity index (χ3n) is 4.20. The van der Waals surface area contributed by atoms with E-state index < -0.39 is 0 Å². The summed E-state index contributed by atoms with van der Waals surface area (Å²) in [6.45, 7) is 2.76. The predicted molar refractivity (Wildman–Crippen MR) is 126 cm³/mol. The molecular formula is C24H18BrCl2NO2. The summed E-state index contributed by atoms with van der Waals surface area (Å²) in [5.74, 6) is 1.20. The molecule has 3 aromatic carbocycles. The molecule has 0 fully saturated rings. The highest BCUT2D eigenvalue weighted by Gasteiger charge is 2.13. The van der Waals surface area contributed by atoms with Crippen molar-refractivity contribution in [3.8, 4) is 17.6 Å². The standard InChI is InChI=1S/C24H18BrCl2NO2/c1-2-29-23-12-17(10-19(14-28)18-4-3-5-21(27)13-18)11-22(25)24(23)30-15-16-6-8-20(26)9-7-16/h3-13H,2,15H2,1H3/b19-10-. The summed E-state index contributed by atoms with van der Waals surface area (Å²) in [4.78, 5) is 0. The number of allylic oxidation sites excluding steroid dienone is 1. The molecule has 0 spiro atoms. The maximum atomic E-state index is 9.62. The van der Waals surface area contributed by atoms with Crippen molar-refractivity contribution in [2.24, 2.45) is 0 Å². The number of nitrogens with zero attached hydrogens (tertiary/aromatic N) is 1. The molecule has 6 heteroatoms. The second kappa shape index (κ2) is 10.5. The third-order valence-corrected chi connectivity index (χ3v) is 5.27. The smallest absolute Gasteiger partial charge is 0.175 e. The molecule has 152 valence electrons. The number of benzene rings is 3. The van der Waals surface area contributed by atoms with E-state index in [4.69, 9.17) is 32.7 Å². The quantitative estimate of drug-likeness (QED) is 0.244. The fourth-order valence-electron chi connectivity index (χ4n) is 2.81. The molecule has 0 aliphatic heterocycles. The highest BCUT2D eigenvalue weighted by Crippen LogP contribution is 2.38. The Morgan fingerprint density at radius 2 is 1.80 bits per heavy atom. The molecule has 0 saturated carbocycles. The Morgan fingerprint density at radius 3 is 2.47 bits per heavy atom. The van der Waals surface area contributed by atoms with Gasteiger partial charge in [-0.05, 0) is 82.0 Å². The Labute approximate surface area is 194 Å². The molecule has 0 atom stereocenters. The van der Waals surface area contributed by atoms with E-state index in [1.54, 1.807) is 18.2 Å². The summed E-state index contributed by atoms with van der Waals surface area (Å²) in [6.07, 6.45) is 1.79. The van der Waals surface area contributed by atoms with Crippen molar-refractivity contribution in [3.63, 3.8) is 0 Å². The number of hydrogen-bond donors (Lipinski definition) is 0. The number of rotatable bonds is 7. The van der Waals surface area contributed by atoms with Crippen LogP contribution in [0.2, 0.25) is 10.0 Å². The fourth-order valence-corrected chi connectivity index (χ4v) is 3.70. The molecule has 0 bridgehead atoms. The average molecular weight is 503 g/mol. The number of ether oxygens (including phenoxy) is 2. The van der Waals surface area contributed by atoms with Crippen LogP contribution in [0, 0.1) is 11.3 Å². The second-order valence-corrected chi connectivity index (χ2v) is 8.09. The monoisotopic (exact) mass is 501 g/mol. The molecule has 0 unspecified atom stereocenters. The molecule has 0 aliphatic rings. The van der Waals surface area contributed by atoms with Crippen LogP contribution in [0.15, 0.2) is 65.1 Å². The predicted octanol–water partition coefficient (Wildman–Crippen LogP) is 7.80. The van der Waals surface area contributed by atoms with Gasteiger partial charge in [0.15, 0.2) is 11.5 Å². The van der Waals surface area contributed by atoms with E-state index in [1.807, 2.05) is 55.5 Å². The minimum atomic E-state index is 0.372. The number of hydrogen-bond acceptors (Lipinski definition) is 3. The first kappa shape index (κ1) is 22.2. The minimum absolute atomic E-state index is 0.372. The normalized spacial score (nSPS) is 11.1. The van der Waals surface area contributed by atoms with Crippen molar-refractivity contribution in [3.05, 3.63) is 91.9 Å². The first-order chi connectivity index (χ1) is 14.5. The van der Waals surface area contributed by atoms with Crippen LogP contribution in [0.25, 0.3) is 11.6 Å². The fraction of sp³-hybridized carbons (Fsp3) is 0.125. The average Bonchev–Trinajstić information content (AvgIpc) is 2.73. The van der Waals surface area contributed by atoms with E-state index in [0.29, 0.717) is 40.3 Å². The Bertz CT molecular complexity index is 1110. The lowest BCUT2D eigenvalue weighted by Gasteiger charge is -2.15. The van der Waals surface area contributed by atoms with Gasteiger partial charge in [0.25, 0.3) is 0 Å². The van der Waals surface area contributed by atoms with Crippen molar-refractivity contribution in [1.29, 1.82) is 5.26 Å². The van der Waals surface area contributed by atoms with Gasteiger partial charge in [-0.25, -0.2) is 0 Å². The SMILES string of the molecule is CCOc1cc(/C=C(/C#N)c2cccc(Cl)c2)cc(Br)c1OCc1ccc(Cl)cc1. The molecule has 0 aliphatic carbocycles. The Hall–Kier alpha value is -2.45. The minimum Gasteiger partial charge on any atom is -0.490 e. The lowest BCUT2D eigenvalue weighted by Crippen LogP contribution is -2.01. The molecule has 0 saturated heterocycles. The van der Waals surface area contributed by atoms with Gasteiger partial charge < -0.3 is 9.47 Å². The van der Waals surface area contributed by atoms with Gasteiger partial charge in [0.2, 0.25) is 0 Å². The van der Waals surface area contributed by atoms with Crippen LogP contribution in [0.4, 0.5) is 0 Å². The Balaban J connectivity index is 1.92. The topological polar surface area (TPSA) is 42.2 Å². The molecule has 0 heterocycles. The first-order valence-corrected chi connectivity index (χ1v) is 10.8. The summed E-state index contributed by atoms with van der Waals surface area (Å²) < 4.78 is 12.5. The van der Waals surface area contributed by atoms with Gasteiger partial charge in [0, 0.05) is 10.0 Å². The molecule has 3 aromatic rings. The van der Waals surface area contributed by atoms with Gasteiger partial charge in [0.05, 0.1) is 22.7 Å². The van der Waals surface area contributed by atoms with Crippen LogP contribution in [0.5, 0.6) is 11.5 Å². The summed E-state index contributed by atoms with van der Waals surface area (Å²) in [5.41, 5.74) is 3.05. The molecule has 0 radical (unpaired) electrons. The van der Waals surface area contributed by atoms with Crippen LogP contribution in [-0.4, -0.2) is 6.61 Å². The van der Waals surface area contributed by atoms with Crippen LogP contribution < -0.4 is 9.47 Å². The zero-order chi connectivity index (χ0) is 21.5. The van der Waals surface area contributed by atoms with Gasteiger partial charge >= 0.3 is 0 Å². The van der Waals surface area contributed by atoms with Crippen molar-refractivity contribution < 1.29 is 9.47 Å². The zero-order valence-corrected chi connectivity index (χ0v) is 19.3. The van der Waals surface area contributed by atoms with E-state index in [0.717, 1.165) is 21.2 Å². The van der Waals surface area contributed by atoms with E-state index in [1.165, 1.54) is 0 Å². The van der Waals surface area contributed by atoms with Crippen LogP contribution in [0.1, 0.15) is 23.6 Å².